The zero-order chi connectivity index (χ0) is 15.8. The number of furan rings is 1. The smallest absolute Gasteiger partial charge is 0.302 e. The molecular formula is C18H24O4. The molecule has 22 heavy (non-hydrogen) atoms. The molecule has 4 rings (SSSR count). The number of epoxide rings is 1. The predicted molar refractivity (Wildman–Crippen MR) is 80.0 cm³/mol. The fraction of sp³-hybridized carbons (Fsp3) is 0.722. The highest BCUT2D eigenvalue weighted by Crippen LogP contribution is 2.75. The minimum atomic E-state index is -0.345. The molecule has 0 bridgehead atoms. The summed E-state index contributed by atoms with van der Waals surface area (Å²) in [6.45, 7) is 8.44. The number of rotatable bonds is 2. The van der Waals surface area contributed by atoms with Gasteiger partial charge in [-0.3, -0.25) is 4.79 Å². The first-order valence-electron chi connectivity index (χ1n) is 8.20. The number of esters is 1. The summed E-state index contributed by atoms with van der Waals surface area (Å²) in [6, 6.07) is 2.00. The molecule has 3 aliphatic rings. The van der Waals surface area contributed by atoms with Crippen LogP contribution in [0.2, 0.25) is 0 Å². The fourth-order valence-corrected chi connectivity index (χ4v) is 5.59. The van der Waals surface area contributed by atoms with Gasteiger partial charge >= 0.3 is 5.97 Å². The molecule has 2 aliphatic carbocycles. The van der Waals surface area contributed by atoms with Crippen LogP contribution < -0.4 is 0 Å². The molecule has 1 aliphatic heterocycles. The van der Waals surface area contributed by atoms with Crippen LogP contribution in [0, 0.1) is 16.7 Å². The lowest BCUT2D eigenvalue weighted by Crippen LogP contribution is -2.55. The van der Waals surface area contributed by atoms with E-state index in [0.29, 0.717) is 5.92 Å². The summed E-state index contributed by atoms with van der Waals surface area (Å²) in [5, 5.41) is 0. The molecule has 4 heteroatoms. The van der Waals surface area contributed by atoms with E-state index in [9.17, 15) is 4.79 Å². The molecule has 1 aromatic heterocycles. The SMILES string of the molecule is CC(=O)O[C@H]1CCC(C)(C)[C@@H]2C[C@H]3O[C@@]3(c3ccoc3)[C@]12C. The Morgan fingerprint density at radius 1 is 1.36 bits per heavy atom. The third kappa shape index (κ3) is 1.54. The maximum Gasteiger partial charge on any atom is 0.302 e. The van der Waals surface area contributed by atoms with Crippen molar-refractivity contribution < 1.29 is 18.7 Å². The van der Waals surface area contributed by atoms with Crippen LogP contribution in [0.4, 0.5) is 0 Å². The van der Waals surface area contributed by atoms with E-state index in [1.807, 2.05) is 6.07 Å². The van der Waals surface area contributed by atoms with Gasteiger partial charge in [0.25, 0.3) is 0 Å². The van der Waals surface area contributed by atoms with Crippen molar-refractivity contribution in [3.8, 4) is 0 Å². The van der Waals surface area contributed by atoms with E-state index in [2.05, 4.69) is 20.8 Å². The maximum absolute atomic E-state index is 11.6. The number of fused-ring (bicyclic) bond motifs is 3. The molecule has 3 fully saturated rings. The predicted octanol–water partition coefficient (Wildman–Crippen LogP) is 3.65. The summed E-state index contributed by atoms with van der Waals surface area (Å²) < 4.78 is 17.3. The Labute approximate surface area is 131 Å². The summed E-state index contributed by atoms with van der Waals surface area (Å²) >= 11 is 0. The van der Waals surface area contributed by atoms with Gasteiger partial charge in [0.2, 0.25) is 0 Å². The molecule has 1 aromatic rings. The van der Waals surface area contributed by atoms with Crippen molar-refractivity contribution in [1.29, 1.82) is 0 Å². The van der Waals surface area contributed by atoms with E-state index >= 15 is 0 Å². The Balaban J connectivity index is 1.82. The molecule has 120 valence electrons. The first kappa shape index (κ1) is 14.3. The molecule has 0 N–H and O–H groups in total. The van der Waals surface area contributed by atoms with Gasteiger partial charge in [0.05, 0.1) is 18.6 Å². The van der Waals surface area contributed by atoms with E-state index in [1.54, 1.807) is 12.5 Å². The first-order valence-corrected chi connectivity index (χ1v) is 8.20. The molecule has 0 amide bonds. The van der Waals surface area contributed by atoms with Crippen LogP contribution in [0.25, 0.3) is 0 Å². The normalized spacial score (nSPS) is 45.0. The molecule has 5 atom stereocenters. The molecule has 1 saturated heterocycles. The topological polar surface area (TPSA) is 52.0 Å². The summed E-state index contributed by atoms with van der Waals surface area (Å²) in [4.78, 5) is 11.6. The zero-order valence-electron chi connectivity index (χ0n) is 13.7. The van der Waals surface area contributed by atoms with Crippen molar-refractivity contribution in [3.63, 3.8) is 0 Å². The van der Waals surface area contributed by atoms with Crippen LogP contribution in [-0.4, -0.2) is 18.2 Å². The third-order valence-corrected chi connectivity index (χ3v) is 6.62. The van der Waals surface area contributed by atoms with Gasteiger partial charge in [-0.05, 0) is 36.7 Å². The molecule has 0 radical (unpaired) electrons. The highest BCUT2D eigenvalue weighted by Gasteiger charge is 2.80. The molecule has 0 unspecified atom stereocenters. The van der Waals surface area contributed by atoms with Crippen LogP contribution in [0.5, 0.6) is 0 Å². The van der Waals surface area contributed by atoms with Gasteiger partial charge in [-0.1, -0.05) is 20.8 Å². The minimum absolute atomic E-state index is 0.0922. The van der Waals surface area contributed by atoms with Gasteiger partial charge in [-0.15, -0.1) is 0 Å². The summed E-state index contributed by atoms with van der Waals surface area (Å²) in [7, 11) is 0. The average Bonchev–Trinajstić information content (AvgIpc) is 2.82. The van der Waals surface area contributed by atoms with Crippen LogP contribution in [0.1, 0.15) is 52.5 Å². The third-order valence-electron chi connectivity index (χ3n) is 6.62. The fourth-order valence-electron chi connectivity index (χ4n) is 5.59. The minimum Gasteiger partial charge on any atom is -0.472 e. The second-order valence-corrected chi connectivity index (χ2v) is 8.05. The lowest BCUT2D eigenvalue weighted by molar-refractivity contribution is -0.180. The monoisotopic (exact) mass is 304 g/mol. The first-order chi connectivity index (χ1) is 10.3. The van der Waals surface area contributed by atoms with Crippen molar-refractivity contribution in [3.05, 3.63) is 24.2 Å². The summed E-state index contributed by atoms with van der Waals surface area (Å²) in [5.41, 5.74) is 0.786. The van der Waals surface area contributed by atoms with Crippen LogP contribution >= 0.6 is 0 Å². The maximum atomic E-state index is 11.6. The van der Waals surface area contributed by atoms with E-state index in [-0.39, 0.29) is 34.6 Å². The van der Waals surface area contributed by atoms with E-state index < -0.39 is 0 Å². The van der Waals surface area contributed by atoms with E-state index in [1.165, 1.54) is 6.92 Å². The average molecular weight is 304 g/mol. The molecule has 0 aromatic carbocycles. The largest absolute Gasteiger partial charge is 0.472 e. The number of carbonyl (C=O) groups excluding carboxylic acids is 1. The van der Waals surface area contributed by atoms with Gasteiger partial charge in [0, 0.05) is 17.9 Å². The zero-order valence-corrected chi connectivity index (χ0v) is 13.7. The Bertz CT molecular complexity index is 605. The highest BCUT2D eigenvalue weighted by molar-refractivity contribution is 5.66. The second kappa shape index (κ2) is 4.16. The standard InChI is InChI=1S/C18H24O4/c1-11(19)21-14-5-7-16(2,3)13-9-15-18(22-15,17(13,14)4)12-6-8-20-10-12/h6,8,10,13-15H,5,7,9H2,1-4H3/t13-,14-,15+,17-,18+/m0/s1. The van der Waals surface area contributed by atoms with Crippen LogP contribution in [-0.2, 0) is 19.9 Å². The van der Waals surface area contributed by atoms with Crippen LogP contribution in [0.3, 0.4) is 0 Å². The van der Waals surface area contributed by atoms with Gasteiger partial charge in [-0.25, -0.2) is 0 Å². The van der Waals surface area contributed by atoms with Crippen molar-refractivity contribution in [2.75, 3.05) is 0 Å². The van der Waals surface area contributed by atoms with E-state index in [0.717, 1.165) is 24.8 Å². The van der Waals surface area contributed by atoms with E-state index in [4.69, 9.17) is 13.9 Å². The number of ether oxygens (including phenoxy) is 2. The quantitative estimate of drug-likeness (QED) is 0.618. The summed E-state index contributed by atoms with van der Waals surface area (Å²) in [5.74, 6) is 0.280. The lowest BCUT2D eigenvalue weighted by Gasteiger charge is -2.54. The van der Waals surface area contributed by atoms with Crippen molar-refractivity contribution >= 4 is 5.97 Å². The van der Waals surface area contributed by atoms with Crippen molar-refractivity contribution in [2.45, 2.75) is 64.8 Å². The Morgan fingerprint density at radius 2 is 2.14 bits per heavy atom. The molecule has 4 nitrogen and oxygen atoms in total. The van der Waals surface area contributed by atoms with Gasteiger partial charge in [0.1, 0.15) is 11.7 Å². The van der Waals surface area contributed by atoms with Gasteiger partial charge < -0.3 is 13.9 Å². The molecular weight excluding hydrogens is 280 g/mol. The number of carbonyl (C=O) groups is 1. The van der Waals surface area contributed by atoms with Gasteiger partial charge in [-0.2, -0.15) is 0 Å². The van der Waals surface area contributed by atoms with Gasteiger partial charge in [0.15, 0.2) is 0 Å². The molecule has 0 spiro atoms. The molecule has 2 saturated carbocycles. The summed E-state index contributed by atoms with van der Waals surface area (Å²) in [6.07, 6.45) is 6.64. The Morgan fingerprint density at radius 3 is 2.77 bits per heavy atom. The van der Waals surface area contributed by atoms with Crippen LogP contribution in [0.15, 0.2) is 23.0 Å². The number of hydrogen-bond acceptors (Lipinski definition) is 4. The lowest BCUT2D eigenvalue weighted by atomic mass is 9.53. The Kier molecular flexibility index (Phi) is 2.71. The second-order valence-electron chi connectivity index (χ2n) is 8.05. The van der Waals surface area contributed by atoms with Crippen molar-refractivity contribution in [1.82, 2.24) is 0 Å². The highest BCUT2D eigenvalue weighted by atomic mass is 16.6. The number of hydrogen-bond donors (Lipinski definition) is 0. The molecule has 2 heterocycles. The Hall–Kier alpha value is -1.29. The van der Waals surface area contributed by atoms with Crippen molar-refractivity contribution in [2.24, 2.45) is 16.7 Å².